The Morgan fingerprint density at radius 2 is 2.21 bits per heavy atom. The molecule has 4 nitrogen and oxygen atoms in total. The zero-order chi connectivity index (χ0) is 13.7. The van der Waals surface area contributed by atoms with E-state index in [4.69, 9.17) is 5.73 Å². The van der Waals surface area contributed by atoms with Crippen LogP contribution in [0.1, 0.15) is 24.0 Å². The van der Waals surface area contributed by atoms with Gasteiger partial charge in [-0.05, 0) is 61.4 Å². The van der Waals surface area contributed by atoms with Gasteiger partial charge in [-0.2, -0.15) is 5.10 Å². The van der Waals surface area contributed by atoms with Gasteiger partial charge in [0.05, 0.1) is 6.21 Å². The number of nitrogens with two attached hydrogens (primary N) is 1. The van der Waals surface area contributed by atoms with Gasteiger partial charge >= 0.3 is 0 Å². The van der Waals surface area contributed by atoms with Crippen LogP contribution >= 0.6 is 12.2 Å². The maximum Gasteiger partial charge on any atom is 0.184 e. The number of thiocarbonyl (C=S) groups is 1. The van der Waals surface area contributed by atoms with E-state index in [2.05, 4.69) is 27.6 Å². The third-order valence-electron chi connectivity index (χ3n) is 3.08. The second-order valence-electron chi connectivity index (χ2n) is 4.56. The minimum absolute atomic E-state index is 0.111. The molecule has 1 aromatic rings. The molecule has 0 radical (unpaired) electrons. The predicted octanol–water partition coefficient (Wildman–Crippen LogP) is 1.59. The number of nitrogens with one attached hydrogen (secondary N) is 1. The van der Waals surface area contributed by atoms with Gasteiger partial charge < -0.3 is 5.73 Å². The largest absolute Gasteiger partial charge is 0.375 e. The van der Waals surface area contributed by atoms with Crippen molar-refractivity contribution in [3.05, 3.63) is 35.1 Å². The highest BCUT2D eigenvalue weighted by Crippen LogP contribution is 2.16. The quantitative estimate of drug-likeness (QED) is 0.499. The Kier molecular flexibility index (Phi) is 4.81. The second kappa shape index (κ2) is 6.58. The first-order valence-corrected chi connectivity index (χ1v) is 6.65. The van der Waals surface area contributed by atoms with E-state index in [-0.39, 0.29) is 10.9 Å². The van der Waals surface area contributed by atoms with Crippen LogP contribution in [-0.4, -0.2) is 29.3 Å². The van der Waals surface area contributed by atoms with Crippen LogP contribution in [0.25, 0.3) is 0 Å². The highest BCUT2D eigenvalue weighted by Gasteiger charge is 2.13. The molecule has 0 spiro atoms. The number of hydrogen-bond donors (Lipinski definition) is 2. The lowest BCUT2D eigenvalue weighted by Gasteiger charge is -2.16. The average molecular weight is 280 g/mol. The van der Waals surface area contributed by atoms with E-state index in [1.807, 2.05) is 0 Å². The van der Waals surface area contributed by atoms with Crippen molar-refractivity contribution < 1.29 is 4.39 Å². The zero-order valence-electron chi connectivity index (χ0n) is 10.6. The lowest BCUT2D eigenvalue weighted by Crippen LogP contribution is -2.24. The molecule has 0 saturated carbocycles. The molecule has 2 rings (SSSR count). The Morgan fingerprint density at radius 1 is 1.47 bits per heavy atom. The molecule has 0 aliphatic carbocycles. The summed E-state index contributed by atoms with van der Waals surface area (Å²) in [6, 6.07) is 4.70. The standard InChI is InChI=1S/C13H17FN4S/c14-12-4-3-10(8-16-17-13(15)19)11(7-12)9-18-5-1-2-6-18/h3-4,7-8H,1-2,5-6,9H2,(H3,15,17,19). The second-order valence-corrected chi connectivity index (χ2v) is 5.00. The van der Waals surface area contributed by atoms with Crippen molar-refractivity contribution in [1.82, 2.24) is 10.3 Å². The van der Waals surface area contributed by atoms with Crippen molar-refractivity contribution in [2.75, 3.05) is 13.1 Å². The molecule has 19 heavy (non-hydrogen) atoms. The summed E-state index contributed by atoms with van der Waals surface area (Å²) in [4.78, 5) is 2.31. The Morgan fingerprint density at radius 3 is 2.89 bits per heavy atom. The van der Waals surface area contributed by atoms with E-state index in [9.17, 15) is 4.39 Å². The molecule has 102 valence electrons. The first-order valence-electron chi connectivity index (χ1n) is 6.24. The predicted molar refractivity (Wildman–Crippen MR) is 78.4 cm³/mol. The summed E-state index contributed by atoms with van der Waals surface area (Å²) in [6.45, 7) is 2.88. The molecule has 1 aromatic carbocycles. The van der Waals surface area contributed by atoms with Crippen LogP contribution in [0.15, 0.2) is 23.3 Å². The normalized spacial score (nSPS) is 16.1. The van der Waals surface area contributed by atoms with Crippen LogP contribution in [0.4, 0.5) is 4.39 Å². The first kappa shape index (κ1) is 13.9. The summed E-state index contributed by atoms with van der Waals surface area (Å²) >= 11 is 4.66. The molecule has 0 amide bonds. The third kappa shape index (κ3) is 4.25. The van der Waals surface area contributed by atoms with Crippen molar-refractivity contribution in [2.24, 2.45) is 10.8 Å². The van der Waals surface area contributed by atoms with Gasteiger partial charge in [-0.25, -0.2) is 4.39 Å². The van der Waals surface area contributed by atoms with E-state index in [1.54, 1.807) is 18.3 Å². The molecular weight excluding hydrogens is 263 g/mol. The van der Waals surface area contributed by atoms with Gasteiger partial charge in [0.15, 0.2) is 5.11 Å². The molecule has 1 aliphatic rings. The Balaban J connectivity index is 2.12. The van der Waals surface area contributed by atoms with Gasteiger partial charge in [0.25, 0.3) is 0 Å². The van der Waals surface area contributed by atoms with Crippen molar-refractivity contribution in [1.29, 1.82) is 0 Å². The highest BCUT2D eigenvalue weighted by atomic mass is 32.1. The summed E-state index contributed by atoms with van der Waals surface area (Å²) in [5.74, 6) is -0.228. The van der Waals surface area contributed by atoms with Crippen LogP contribution in [0.3, 0.4) is 0 Å². The van der Waals surface area contributed by atoms with E-state index < -0.39 is 0 Å². The van der Waals surface area contributed by atoms with Crippen LogP contribution < -0.4 is 11.2 Å². The van der Waals surface area contributed by atoms with E-state index in [0.717, 1.165) is 30.8 Å². The number of hydrogen-bond acceptors (Lipinski definition) is 3. The number of benzene rings is 1. The fourth-order valence-electron chi connectivity index (χ4n) is 2.18. The molecule has 1 fully saturated rings. The van der Waals surface area contributed by atoms with Crippen LogP contribution in [0, 0.1) is 5.82 Å². The fourth-order valence-corrected chi connectivity index (χ4v) is 2.24. The molecule has 6 heteroatoms. The maximum absolute atomic E-state index is 13.4. The van der Waals surface area contributed by atoms with Crippen LogP contribution in [0.2, 0.25) is 0 Å². The smallest absolute Gasteiger partial charge is 0.184 e. The summed E-state index contributed by atoms with van der Waals surface area (Å²) in [6.07, 6.45) is 4.04. The van der Waals surface area contributed by atoms with Crippen molar-refractivity contribution >= 4 is 23.5 Å². The summed E-state index contributed by atoms with van der Waals surface area (Å²) in [5, 5.41) is 4.03. The lowest BCUT2D eigenvalue weighted by molar-refractivity contribution is 0.330. The number of halogens is 1. The summed E-state index contributed by atoms with van der Waals surface area (Å²) < 4.78 is 13.4. The van der Waals surface area contributed by atoms with E-state index >= 15 is 0 Å². The topological polar surface area (TPSA) is 53.6 Å². The molecule has 1 heterocycles. The summed E-state index contributed by atoms with van der Waals surface area (Å²) in [5.41, 5.74) is 9.59. The third-order valence-corrected chi connectivity index (χ3v) is 3.17. The van der Waals surface area contributed by atoms with Gasteiger partial charge in [0, 0.05) is 6.54 Å². The van der Waals surface area contributed by atoms with Gasteiger partial charge in [0.1, 0.15) is 5.82 Å². The Labute approximate surface area is 117 Å². The van der Waals surface area contributed by atoms with Gasteiger partial charge in [-0.1, -0.05) is 6.07 Å². The van der Waals surface area contributed by atoms with Crippen molar-refractivity contribution in [3.63, 3.8) is 0 Å². The van der Waals surface area contributed by atoms with Crippen molar-refractivity contribution in [2.45, 2.75) is 19.4 Å². The molecule has 0 atom stereocenters. The highest BCUT2D eigenvalue weighted by molar-refractivity contribution is 7.80. The number of nitrogens with zero attached hydrogens (tertiary/aromatic N) is 2. The Bertz CT molecular complexity index is 484. The van der Waals surface area contributed by atoms with E-state index in [0.29, 0.717) is 0 Å². The van der Waals surface area contributed by atoms with Crippen molar-refractivity contribution in [3.8, 4) is 0 Å². The molecule has 1 saturated heterocycles. The van der Waals surface area contributed by atoms with Gasteiger partial charge in [-0.3, -0.25) is 10.3 Å². The molecule has 0 aromatic heterocycles. The summed E-state index contributed by atoms with van der Waals surface area (Å²) in [7, 11) is 0. The van der Waals surface area contributed by atoms with Crippen LogP contribution in [-0.2, 0) is 6.54 Å². The molecule has 0 unspecified atom stereocenters. The first-order chi connectivity index (χ1) is 9.15. The van der Waals surface area contributed by atoms with E-state index in [1.165, 1.54) is 18.9 Å². The van der Waals surface area contributed by atoms with Crippen LogP contribution in [0.5, 0.6) is 0 Å². The monoisotopic (exact) mass is 280 g/mol. The lowest BCUT2D eigenvalue weighted by atomic mass is 10.1. The number of likely N-dealkylation sites (tertiary alicyclic amines) is 1. The Hall–Kier alpha value is -1.53. The average Bonchev–Trinajstić information content (AvgIpc) is 2.84. The molecule has 1 aliphatic heterocycles. The molecule has 0 bridgehead atoms. The molecular formula is C13H17FN4S. The van der Waals surface area contributed by atoms with Gasteiger partial charge in [-0.15, -0.1) is 0 Å². The maximum atomic E-state index is 13.4. The zero-order valence-corrected chi connectivity index (χ0v) is 11.4. The number of hydrazone groups is 1. The molecule has 3 N–H and O–H groups in total. The minimum Gasteiger partial charge on any atom is -0.375 e. The minimum atomic E-state index is -0.228. The fraction of sp³-hybridized carbons (Fsp3) is 0.385. The van der Waals surface area contributed by atoms with Gasteiger partial charge in [0.2, 0.25) is 0 Å². The SMILES string of the molecule is NC(=S)NN=Cc1ccc(F)cc1CN1CCCC1. The number of rotatable bonds is 4.